The summed E-state index contributed by atoms with van der Waals surface area (Å²) in [4.78, 5) is 32.4. The SMILES string of the molecule is Cc1cccc(NC(=O)CCc2c(C)nc3c(C(N)=O)cnn3c2C)n1. The number of primary amides is 1. The summed E-state index contributed by atoms with van der Waals surface area (Å²) in [5.41, 5.74) is 9.42. The molecule has 0 spiro atoms. The molecule has 0 fully saturated rings. The molecule has 0 atom stereocenters. The number of pyridine rings is 1. The molecule has 3 aromatic rings. The first-order valence-electron chi connectivity index (χ1n) is 8.24. The van der Waals surface area contributed by atoms with Gasteiger partial charge in [-0.15, -0.1) is 0 Å². The van der Waals surface area contributed by atoms with Crippen molar-refractivity contribution >= 4 is 23.3 Å². The Balaban J connectivity index is 1.78. The van der Waals surface area contributed by atoms with Gasteiger partial charge in [-0.3, -0.25) is 9.59 Å². The number of carbonyl (C=O) groups is 2. The summed E-state index contributed by atoms with van der Waals surface area (Å²) in [5.74, 6) is -0.153. The van der Waals surface area contributed by atoms with Crippen LogP contribution in [0.25, 0.3) is 5.65 Å². The number of carbonyl (C=O) groups excluding carboxylic acids is 2. The maximum Gasteiger partial charge on any atom is 0.254 e. The van der Waals surface area contributed by atoms with E-state index in [1.165, 1.54) is 6.20 Å². The molecular weight excluding hydrogens is 332 g/mol. The molecule has 8 heteroatoms. The molecule has 8 nitrogen and oxygen atoms in total. The lowest BCUT2D eigenvalue weighted by Gasteiger charge is -2.11. The second-order valence-corrected chi connectivity index (χ2v) is 6.13. The summed E-state index contributed by atoms with van der Waals surface area (Å²) in [6, 6.07) is 5.47. The number of aromatic nitrogens is 4. The van der Waals surface area contributed by atoms with Crippen molar-refractivity contribution in [2.24, 2.45) is 5.73 Å². The molecule has 0 unspecified atom stereocenters. The first-order valence-corrected chi connectivity index (χ1v) is 8.24. The average molecular weight is 352 g/mol. The van der Waals surface area contributed by atoms with Crippen molar-refractivity contribution in [3.8, 4) is 0 Å². The summed E-state index contributed by atoms with van der Waals surface area (Å²) in [7, 11) is 0. The number of nitrogens with two attached hydrogens (primary N) is 1. The Morgan fingerprint density at radius 1 is 1.19 bits per heavy atom. The Bertz CT molecular complexity index is 1010. The Labute approximate surface area is 150 Å². The number of fused-ring (bicyclic) bond motifs is 1. The van der Waals surface area contributed by atoms with E-state index in [0.717, 1.165) is 22.6 Å². The minimum atomic E-state index is -0.566. The van der Waals surface area contributed by atoms with E-state index in [1.54, 1.807) is 10.6 Å². The van der Waals surface area contributed by atoms with Crippen LogP contribution in [0.2, 0.25) is 0 Å². The van der Waals surface area contributed by atoms with Crippen molar-refractivity contribution in [1.82, 2.24) is 19.6 Å². The largest absolute Gasteiger partial charge is 0.365 e. The third-order valence-corrected chi connectivity index (χ3v) is 4.23. The fourth-order valence-corrected chi connectivity index (χ4v) is 2.90. The lowest BCUT2D eigenvalue weighted by Crippen LogP contribution is -2.16. The molecule has 3 rings (SSSR count). The molecule has 2 amide bonds. The van der Waals surface area contributed by atoms with Gasteiger partial charge in [0.2, 0.25) is 5.91 Å². The van der Waals surface area contributed by atoms with E-state index >= 15 is 0 Å². The van der Waals surface area contributed by atoms with Gasteiger partial charge < -0.3 is 11.1 Å². The van der Waals surface area contributed by atoms with E-state index < -0.39 is 5.91 Å². The normalized spacial score (nSPS) is 10.9. The number of aryl methyl sites for hydroxylation is 3. The van der Waals surface area contributed by atoms with Crippen LogP contribution in [0.1, 0.15) is 39.4 Å². The van der Waals surface area contributed by atoms with Gasteiger partial charge in [-0.2, -0.15) is 5.10 Å². The average Bonchev–Trinajstić information content (AvgIpc) is 2.98. The molecule has 0 bridgehead atoms. The monoisotopic (exact) mass is 352 g/mol. The van der Waals surface area contributed by atoms with Crippen LogP contribution < -0.4 is 11.1 Å². The first kappa shape index (κ1) is 17.5. The lowest BCUT2D eigenvalue weighted by molar-refractivity contribution is -0.116. The molecule has 134 valence electrons. The summed E-state index contributed by atoms with van der Waals surface area (Å²) >= 11 is 0. The van der Waals surface area contributed by atoms with Crippen LogP contribution in [-0.4, -0.2) is 31.4 Å². The van der Waals surface area contributed by atoms with Crippen molar-refractivity contribution in [2.75, 3.05) is 5.32 Å². The molecule has 26 heavy (non-hydrogen) atoms. The van der Waals surface area contributed by atoms with Gasteiger partial charge in [-0.25, -0.2) is 14.5 Å². The van der Waals surface area contributed by atoms with Gasteiger partial charge in [-0.1, -0.05) is 6.07 Å². The van der Waals surface area contributed by atoms with Crippen LogP contribution in [0, 0.1) is 20.8 Å². The number of amides is 2. The van der Waals surface area contributed by atoms with Crippen LogP contribution in [0.5, 0.6) is 0 Å². The van der Waals surface area contributed by atoms with Crippen molar-refractivity contribution in [1.29, 1.82) is 0 Å². The van der Waals surface area contributed by atoms with E-state index in [1.807, 2.05) is 32.9 Å². The van der Waals surface area contributed by atoms with Gasteiger partial charge in [0.15, 0.2) is 5.65 Å². The molecule has 3 aromatic heterocycles. The number of hydrogen-bond donors (Lipinski definition) is 2. The van der Waals surface area contributed by atoms with E-state index in [4.69, 9.17) is 5.73 Å². The van der Waals surface area contributed by atoms with Crippen molar-refractivity contribution in [2.45, 2.75) is 33.6 Å². The first-order chi connectivity index (χ1) is 12.4. The van der Waals surface area contributed by atoms with Gasteiger partial charge in [0, 0.05) is 23.5 Å². The Morgan fingerprint density at radius 3 is 2.65 bits per heavy atom. The second-order valence-electron chi connectivity index (χ2n) is 6.13. The second kappa shape index (κ2) is 6.91. The summed E-state index contributed by atoms with van der Waals surface area (Å²) < 4.78 is 1.59. The molecule has 0 aromatic carbocycles. The van der Waals surface area contributed by atoms with Crippen LogP contribution in [0.4, 0.5) is 5.82 Å². The predicted molar refractivity (Wildman–Crippen MR) is 96.9 cm³/mol. The zero-order valence-corrected chi connectivity index (χ0v) is 14.9. The Kier molecular flexibility index (Phi) is 4.66. The molecule has 0 aliphatic rings. The highest BCUT2D eigenvalue weighted by atomic mass is 16.2. The molecule has 0 radical (unpaired) electrons. The molecule has 3 heterocycles. The molecule has 0 aliphatic heterocycles. The predicted octanol–water partition coefficient (Wildman–Crippen LogP) is 1.72. The number of nitrogens with one attached hydrogen (secondary N) is 1. The zero-order valence-electron chi connectivity index (χ0n) is 14.9. The quantitative estimate of drug-likeness (QED) is 0.725. The number of rotatable bonds is 5. The van der Waals surface area contributed by atoms with E-state index in [2.05, 4.69) is 20.4 Å². The third-order valence-electron chi connectivity index (χ3n) is 4.23. The van der Waals surface area contributed by atoms with Crippen LogP contribution in [0.3, 0.4) is 0 Å². The minimum Gasteiger partial charge on any atom is -0.365 e. The number of hydrogen-bond acceptors (Lipinski definition) is 5. The molecule has 3 N–H and O–H groups in total. The smallest absolute Gasteiger partial charge is 0.254 e. The van der Waals surface area contributed by atoms with Gasteiger partial charge in [0.05, 0.1) is 6.20 Å². The molecule has 0 saturated carbocycles. The van der Waals surface area contributed by atoms with Gasteiger partial charge in [0.1, 0.15) is 11.4 Å². The summed E-state index contributed by atoms with van der Waals surface area (Å²) in [5, 5.41) is 6.98. The van der Waals surface area contributed by atoms with Gasteiger partial charge in [0.25, 0.3) is 5.91 Å². The Morgan fingerprint density at radius 2 is 1.96 bits per heavy atom. The fourth-order valence-electron chi connectivity index (χ4n) is 2.90. The van der Waals surface area contributed by atoms with Crippen LogP contribution >= 0.6 is 0 Å². The molecule has 0 saturated heterocycles. The van der Waals surface area contributed by atoms with Crippen molar-refractivity contribution in [3.63, 3.8) is 0 Å². The van der Waals surface area contributed by atoms with Crippen molar-refractivity contribution < 1.29 is 9.59 Å². The highest BCUT2D eigenvalue weighted by Crippen LogP contribution is 2.18. The van der Waals surface area contributed by atoms with Gasteiger partial charge in [-0.05, 0) is 44.9 Å². The topological polar surface area (TPSA) is 115 Å². The van der Waals surface area contributed by atoms with E-state index in [9.17, 15) is 9.59 Å². The summed E-state index contributed by atoms with van der Waals surface area (Å²) in [6.07, 6.45) is 2.20. The number of nitrogens with zero attached hydrogens (tertiary/aromatic N) is 4. The van der Waals surface area contributed by atoms with Crippen LogP contribution in [0.15, 0.2) is 24.4 Å². The molecular formula is C18H20N6O2. The van der Waals surface area contributed by atoms with Crippen LogP contribution in [-0.2, 0) is 11.2 Å². The van der Waals surface area contributed by atoms with E-state index in [0.29, 0.717) is 17.9 Å². The maximum atomic E-state index is 12.2. The fraction of sp³-hybridized carbons (Fsp3) is 0.278. The van der Waals surface area contributed by atoms with Crippen molar-refractivity contribution in [3.05, 3.63) is 52.6 Å². The highest BCUT2D eigenvalue weighted by Gasteiger charge is 2.17. The third kappa shape index (κ3) is 3.39. The molecule has 0 aliphatic carbocycles. The maximum absolute atomic E-state index is 12.2. The summed E-state index contributed by atoms with van der Waals surface area (Å²) in [6.45, 7) is 5.60. The van der Waals surface area contributed by atoms with Gasteiger partial charge >= 0.3 is 0 Å². The Hall–Kier alpha value is -3.29. The highest BCUT2D eigenvalue weighted by molar-refractivity contribution is 5.98. The minimum absolute atomic E-state index is 0.125. The zero-order chi connectivity index (χ0) is 18.8. The standard InChI is InChI=1S/C18H20N6O2/c1-10-5-4-6-15(21-10)23-16(25)8-7-13-11(2)22-18-14(17(19)26)9-20-24(18)12(13)3/h4-6,9H,7-8H2,1-3H3,(H2,19,26)(H,21,23,25). The number of anilines is 1. The lowest BCUT2D eigenvalue weighted by atomic mass is 10.1. The van der Waals surface area contributed by atoms with E-state index in [-0.39, 0.29) is 17.9 Å².